The molecule has 0 saturated carbocycles. The van der Waals surface area contributed by atoms with Gasteiger partial charge in [0.25, 0.3) is 0 Å². The number of ether oxygens (including phenoxy) is 1. The fourth-order valence-corrected chi connectivity index (χ4v) is 3.17. The summed E-state index contributed by atoms with van der Waals surface area (Å²) in [6, 6.07) is 8.22. The van der Waals surface area contributed by atoms with Crippen LogP contribution in [0.1, 0.15) is 16.7 Å². The van der Waals surface area contributed by atoms with Crippen LogP contribution in [0.25, 0.3) is 5.65 Å². The lowest BCUT2D eigenvalue weighted by atomic mass is 10.1. The summed E-state index contributed by atoms with van der Waals surface area (Å²) in [4.78, 5) is 0. The van der Waals surface area contributed by atoms with Crippen molar-refractivity contribution in [2.75, 3.05) is 12.4 Å². The molecule has 0 fully saturated rings. The molecule has 0 amide bonds. The number of aryl methyl sites for hydroxylation is 2. The topological polar surface area (TPSA) is 39.4 Å². The summed E-state index contributed by atoms with van der Waals surface area (Å²) in [5.41, 5.74) is 1.75. The normalized spacial score (nSPS) is 11.9. The van der Waals surface area contributed by atoms with E-state index in [-0.39, 0.29) is 0 Å². The first-order valence-corrected chi connectivity index (χ1v) is 8.58. The lowest BCUT2D eigenvalue weighted by Gasteiger charge is -2.11. The fourth-order valence-electron chi connectivity index (χ4n) is 2.44. The SMILES string of the molecule is Cc1cccc(C)c1OCCSc1nnc2ccc(C(F)(F)F)cn12. The van der Waals surface area contributed by atoms with Gasteiger partial charge in [0.15, 0.2) is 10.8 Å². The van der Waals surface area contributed by atoms with E-state index in [2.05, 4.69) is 10.2 Å². The van der Waals surface area contributed by atoms with Crippen LogP contribution in [0.15, 0.2) is 41.7 Å². The number of pyridine rings is 1. The lowest BCUT2D eigenvalue weighted by molar-refractivity contribution is -0.137. The molecule has 25 heavy (non-hydrogen) atoms. The van der Waals surface area contributed by atoms with E-state index >= 15 is 0 Å². The third-order valence-electron chi connectivity index (χ3n) is 3.67. The Bertz CT molecular complexity index is 872. The third-order valence-corrected chi connectivity index (χ3v) is 4.58. The van der Waals surface area contributed by atoms with Crippen LogP contribution in [0.5, 0.6) is 5.75 Å². The molecule has 0 spiro atoms. The van der Waals surface area contributed by atoms with Crippen LogP contribution >= 0.6 is 11.8 Å². The number of halogens is 3. The first-order chi connectivity index (χ1) is 11.9. The summed E-state index contributed by atoms with van der Waals surface area (Å²) in [6.07, 6.45) is -3.38. The Morgan fingerprint density at radius 1 is 1.08 bits per heavy atom. The molecule has 4 nitrogen and oxygen atoms in total. The van der Waals surface area contributed by atoms with Crippen molar-refractivity contribution < 1.29 is 17.9 Å². The van der Waals surface area contributed by atoms with E-state index in [1.165, 1.54) is 22.2 Å². The van der Waals surface area contributed by atoms with Crippen LogP contribution in [-0.2, 0) is 6.18 Å². The predicted molar refractivity (Wildman–Crippen MR) is 90.1 cm³/mol. The number of nitrogens with zero attached hydrogens (tertiary/aromatic N) is 3. The zero-order valence-electron chi connectivity index (χ0n) is 13.7. The van der Waals surface area contributed by atoms with Gasteiger partial charge in [0.05, 0.1) is 12.2 Å². The molecule has 2 heterocycles. The van der Waals surface area contributed by atoms with E-state index in [1.54, 1.807) is 0 Å². The van der Waals surface area contributed by atoms with E-state index in [1.807, 2.05) is 32.0 Å². The van der Waals surface area contributed by atoms with Crippen LogP contribution < -0.4 is 4.74 Å². The van der Waals surface area contributed by atoms with E-state index in [4.69, 9.17) is 4.74 Å². The Morgan fingerprint density at radius 3 is 2.48 bits per heavy atom. The molecule has 0 saturated heterocycles. The van der Waals surface area contributed by atoms with Crippen molar-refractivity contribution in [2.24, 2.45) is 0 Å². The lowest BCUT2D eigenvalue weighted by Crippen LogP contribution is -2.07. The van der Waals surface area contributed by atoms with Gasteiger partial charge in [0, 0.05) is 11.9 Å². The number of hydrogen-bond acceptors (Lipinski definition) is 4. The summed E-state index contributed by atoms with van der Waals surface area (Å²) in [5.74, 6) is 1.39. The highest BCUT2D eigenvalue weighted by molar-refractivity contribution is 7.99. The van der Waals surface area contributed by atoms with Crippen molar-refractivity contribution in [3.05, 3.63) is 53.2 Å². The number of fused-ring (bicyclic) bond motifs is 1. The molecular weight excluding hydrogens is 351 g/mol. The molecule has 1 aromatic carbocycles. The quantitative estimate of drug-likeness (QED) is 0.490. The molecule has 3 rings (SSSR count). The maximum Gasteiger partial charge on any atom is 0.417 e. The second-order valence-corrected chi connectivity index (χ2v) is 6.61. The zero-order chi connectivity index (χ0) is 18.0. The smallest absolute Gasteiger partial charge is 0.417 e. The van der Waals surface area contributed by atoms with Crippen molar-refractivity contribution >= 4 is 17.4 Å². The van der Waals surface area contributed by atoms with E-state index in [0.29, 0.717) is 23.2 Å². The summed E-state index contributed by atoms with van der Waals surface area (Å²) in [6.45, 7) is 4.37. The highest BCUT2D eigenvalue weighted by Crippen LogP contribution is 2.30. The Labute approximate surface area is 147 Å². The molecule has 3 aromatic rings. The van der Waals surface area contributed by atoms with Gasteiger partial charge < -0.3 is 4.74 Å². The highest BCUT2D eigenvalue weighted by Gasteiger charge is 2.31. The largest absolute Gasteiger partial charge is 0.492 e. The maximum atomic E-state index is 12.8. The summed E-state index contributed by atoms with van der Waals surface area (Å²) in [5, 5.41) is 8.25. The average Bonchev–Trinajstić information content (AvgIpc) is 2.95. The summed E-state index contributed by atoms with van der Waals surface area (Å²) < 4.78 is 45.7. The number of thioether (sulfide) groups is 1. The molecule has 0 atom stereocenters. The molecule has 2 aromatic heterocycles. The third kappa shape index (κ3) is 3.89. The number of hydrogen-bond donors (Lipinski definition) is 0. The maximum absolute atomic E-state index is 12.8. The Hall–Kier alpha value is -2.22. The van der Waals surface area contributed by atoms with Crippen molar-refractivity contribution in [2.45, 2.75) is 25.2 Å². The predicted octanol–water partition coefficient (Wildman–Crippen LogP) is 4.54. The van der Waals surface area contributed by atoms with Gasteiger partial charge in [-0.05, 0) is 37.1 Å². The Kier molecular flexibility index (Phi) is 4.89. The minimum Gasteiger partial charge on any atom is -0.492 e. The van der Waals surface area contributed by atoms with E-state index in [9.17, 15) is 13.2 Å². The highest BCUT2D eigenvalue weighted by atomic mass is 32.2. The number of para-hydroxylation sites is 1. The number of rotatable bonds is 5. The average molecular weight is 367 g/mol. The molecule has 0 unspecified atom stereocenters. The summed E-state index contributed by atoms with van der Waals surface area (Å²) in [7, 11) is 0. The van der Waals surface area contributed by atoms with Crippen LogP contribution in [0, 0.1) is 13.8 Å². The Balaban J connectivity index is 1.67. The van der Waals surface area contributed by atoms with Gasteiger partial charge in [-0.3, -0.25) is 4.40 Å². The fraction of sp³-hybridized carbons (Fsp3) is 0.294. The van der Waals surface area contributed by atoms with Crippen LogP contribution in [0.2, 0.25) is 0 Å². The van der Waals surface area contributed by atoms with Gasteiger partial charge in [0.2, 0.25) is 0 Å². The zero-order valence-corrected chi connectivity index (χ0v) is 14.5. The number of benzene rings is 1. The molecule has 0 radical (unpaired) electrons. The molecule has 132 valence electrons. The van der Waals surface area contributed by atoms with Crippen LogP contribution in [-0.4, -0.2) is 27.0 Å². The van der Waals surface area contributed by atoms with Gasteiger partial charge in [-0.15, -0.1) is 10.2 Å². The van der Waals surface area contributed by atoms with E-state index in [0.717, 1.165) is 29.1 Å². The van der Waals surface area contributed by atoms with Crippen molar-refractivity contribution in [3.8, 4) is 5.75 Å². The molecule has 8 heteroatoms. The Morgan fingerprint density at radius 2 is 1.80 bits per heavy atom. The van der Waals surface area contributed by atoms with Crippen LogP contribution in [0.4, 0.5) is 13.2 Å². The molecular formula is C17H16F3N3OS. The minimum atomic E-state index is -4.40. The van der Waals surface area contributed by atoms with Gasteiger partial charge in [-0.2, -0.15) is 13.2 Å². The van der Waals surface area contributed by atoms with E-state index < -0.39 is 11.7 Å². The standard InChI is InChI=1S/C17H16F3N3OS/c1-11-4-3-5-12(2)15(11)24-8-9-25-16-22-21-14-7-6-13(10-23(14)16)17(18,19)20/h3-7,10H,8-9H2,1-2H3. The van der Waals surface area contributed by atoms with Crippen LogP contribution in [0.3, 0.4) is 0 Å². The first kappa shape index (κ1) is 17.6. The molecule has 0 bridgehead atoms. The molecule has 0 aliphatic rings. The second-order valence-electron chi connectivity index (χ2n) is 5.54. The number of aromatic nitrogens is 3. The van der Waals surface area contributed by atoms with Gasteiger partial charge in [-0.25, -0.2) is 0 Å². The summed E-state index contributed by atoms with van der Waals surface area (Å²) >= 11 is 1.30. The number of alkyl halides is 3. The van der Waals surface area contributed by atoms with Crippen molar-refractivity contribution in [1.29, 1.82) is 0 Å². The van der Waals surface area contributed by atoms with Crippen molar-refractivity contribution in [3.63, 3.8) is 0 Å². The monoisotopic (exact) mass is 367 g/mol. The molecule has 0 aliphatic carbocycles. The second kappa shape index (κ2) is 6.95. The van der Waals surface area contributed by atoms with Crippen molar-refractivity contribution in [1.82, 2.24) is 14.6 Å². The molecule has 0 N–H and O–H groups in total. The minimum absolute atomic E-state index is 0.381. The van der Waals surface area contributed by atoms with Gasteiger partial charge in [-0.1, -0.05) is 30.0 Å². The first-order valence-electron chi connectivity index (χ1n) is 7.60. The van der Waals surface area contributed by atoms with Gasteiger partial charge >= 0.3 is 6.18 Å². The molecule has 0 aliphatic heterocycles. The van der Waals surface area contributed by atoms with Gasteiger partial charge in [0.1, 0.15) is 5.75 Å².